The second-order valence-corrected chi connectivity index (χ2v) is 10.8. The molecule has 3 aromatic rings. The summed E-state index contributed by atoms with van der Waals surface area (Å²) in [5, 5.41) is 5.54. The van der Waals surface area contributed by atoms with Crippen LogP contribution in [0.4, 0.5) is 11.6 Å². The minimum Gasteiger partial charge on any atom is -0.492 e. The molecule has 2 aromatic carbocycles. The van der Waals surface area contributed by atoms with E-state index in [-0.39, 0.29) is 16.0 Å². The van der Waals surface area contributed by atoms with Gasteiger partial charge in [0.1, 0.15) is 5.75 Å². The summed E-state index contributed by atoms with van der Waals surface area (Å²) in [6, 6.07) is 12.7. The quantitative estimate of drug-likeness (QED) is 0.236. The van der Waals surface area contributed by atoms with Gasteiger partial charge in [0.2, 0.25) is 5.95 Å². The number of thiocarbonyl (C=S) groups is 1. The number of anilines is 2. The van der Waals surface area contributed by atoms with Gasteiger partial charge in [0.05, 0.1) is 16.0 Å². The number of hydrogen-bond acceptors (Lipinski definition) is 7. The molecule has 0 atom stereocenters. The highest BCUT2D eigenvalue weighted by Crippen LogP contribution is 2.26. The third-order valence-corrected chi connectivity index (χ3v) is 6.97. The Morgan fingerprint density at radius 2 is 1.72 bits per heavy atom. The number of carbonyl (C=O) groups excluding carboxylic acids is 1. The van der Waals surface area contributed by atoms with Gasteiger partial charge in [-0.15, -0.1) is 0 Å². The van der Waals surface area contributed by atoms with Gasteiger partial charge in [-0.3, -0.25) is 10.1 Å². The Morgan fingerprint density at radius 1 is 1.06 bits per heavy atom. The molecular formula is C24H26BrN5O4S2. The van der Waals surface area contributed by atoms with Crippen LogP contribution in [0.25, 0.3) is 0 Å². The summed E-state index contributed by atoms with van der Waals surface area (Å²) < 4.78 is 34.1. The molecule has 0 saturated carbocycles. The Hall–Kier alpha value is -3.09. The third kappa shape index (κ3) is 7.70. The number of benzene rings is 2. The molecule has 0 aliphatic rings. The molecular weight excluding hydrogens is 566 g/mol. The SMILES string of the molecule is CCCCOc1ccc(C(=O)NC(=S)Nc2ccc(S(=O)(=O)Nc3nc(C)cc(C)n3)cc2)cc1Br. The van der Waals surface area contributed by atoms with Gasteiger partial charge in [0.25, 0.3) is 15.9 Å². The largest absolute Gasteiger partial charge is 0.492 e. The Kier molecular flexibility index (Phi) is 9.35. The van der Waals surface area contributed by atoms with E-state index in [0.29, 0.717) is 39.5 Å². The number of unbranched alkanes of at least 4 members (excludes halogenated alkanes) is 1. The van der Waals surface area contributed by atoms with Crippen molar-refractivity contribution in [3.05, 3.63) is 70.0 Å². The van der Waals surface area contributed by atoms with E-state index in [1.807, 2.05) is 0 Å². The molecule has 0 aliphatic heterocycles. The molecule has 0 unspecified atom stereocenters. The summed E-state index contributed by atoms with van der Waals surface area (Å²) in [5.41, 5.74) is 2.20. The van der Waals surface area contributed by atoms with Crippen LogP contribution in [-0.2, 0) is 10.0 Å². The topological polar surface area (TPSA) is 122 Å². The van der Waals surface area contributed by atoms with Crippen LogP contribution < -0.4 is 20.1 Å². The van der Waals surface area contributed by atoms with Gasteiger partial charge in [-0.05, 0) is 96.9 Å². The number of ether oxygens (including phenoxy) is 1. The molecule has 0 fully saturated rings. The number of nitrogens with one attached hydrogen (secondary N) is 3. The van der Waals surface area contributed by atoms with Crippen LogP contribution in [0.3, 0.4) is 0 Å². The Balaban J connectivity index is 1.59. The van der Waals surface area contributed by atoms with Crippen LogP contribution in [0.1, 0.15) is 41.5 Å². The van der Waals surface area contributed by atoms with Gasteiger partial charge in [-0.1, -0.05) is 13.3 Å². The normalized spacial score (nSPS) is 11.0. The predicted molar refractivity (Wildman–Crippen MR) is 147 cm³/mol. The number of nitrogens with zero attached hydrogens (tertiary/aromatic N) is 2. The van der Waals surface area contributed by atoms with E-state index in [1.165, 1.54) is 24.3 Å². The molecule has 1 heterocycles. The number of halogens is 1. The molecule has 0 radical (unpaired) electrons. The Morgan fingerprint density at radius 3 is 2.33 bits per heavy atom. The zero-order chi connectivity index (χ0) is 26.3. The van der Waals surface area contributed by atoms with E-state index in [9.17, 15) is 13.2 Å². The molecule has 0 spiro atoms. The van der Waals surface area contributed by atoms with Crippen molar-refractivity contribution in [1.29, 1.82) is 0 Å². The average Bonchev–Trinajstić information content (AvgIpc) is 2.79. The number of aryl methyl sites for hydroxylation is 2. The summed E-state index contributed by atoms with van der Waals surface area (Å²) in [5.74, 6) is 0.269. The lowest BCUT2D eigenvalue weighted by Crippen LogP contribution is -2.34. The first-order valence-corrected chi connectivity index (χ1v) is 13.8. The average molecular weight is 593 g/mol. The molecule has 0 saturated heterocycles. The summed E-state index contributed by atoms with van der Waals surface area (Å²) in [4.78, 5) is 20.8. The number of rotatable bonds is 9. The predicted octanol–water partition coefficient (Wildman–Crippen LogP) is 4.96. The van der Waals surface area contributed by atoms with E-state index in [4.69, 9.17) is 17.0 Å². The van der Waals surface area contributed by atoms with Crippen molar-refractivity contribution in [3.63, 3.8) is 0 Å². The minimum atomic E-state index is -3.88. The van der Waals surface area contributed by atoms with Crippen LogP contribution in [0.2, 0.25) is 0 Å². The van der Waals surface area contributed by atoms with Crippen LogP contribution in [0, 0.1) is 13.8 Å². The second-order valence-electron chi connectivity index (χ2n) is 7.86. The summed E-state index contributed by atoms with van der Waals surface area (Å²) in [6.07, 6.45) is 1.97. The monoisotopic (exact) mass is 591 g/mol. The van der Waals surface area contributed by atoms with Crippen molar-refractivity contribution >= 4 is 60.8 Å². The molecule has 9 nitrogen and oxygen atoms in total. The van der Waals surface area contributed by atoms with Crippen LogP contribution in [0.15, 0.2) is 57.9 Å². The van der Waals surface area contributed by atoms with Gasteiger partial charge >= 0.3 is 0 Å². The molecule has 36 heavy (non-hydrogen) atoms. The van der Waals surface area contributed by atoms with E-state index >= 15 is 0 Å². The zero-order valence-electron chi connectivity index (χ0n) is 20.0. The fourth-order valence-corrected chi connectivity index (χ4v) is 4.74. The van der Waals surface area contributed by atoms with Gasteiger partial charge in [-0.2, -0.15) is 0 Å². The molecule has 0 aliphatic carbocycles. The number of amides is 1. The zero-order valence-corrected chi connectivity index (χ0v) is 23.2. The van der Waals surface area contributed by atoms with E-state index in [0.717, 1.165) is 12.8 Å². The molecule has 0 bridgehead atoms. The summed E-state index contributed by atoms with van der Waals surface area (Å²) in [6.45, 7) is 6.19. The van der Waals surface area contributed by atoms with Crippen molar-refractivity contribution in [2.45, 2.75) is 38.5 Å². The smallest absolute Gasteiger partial charge is 0.264 e. The summed E-state index contributed by atoms with van der Waals surface area (Å²) >= 11 is 8.65. The molecule has 190 valence electrons. The molecule has 1 amide bonds. The van der Waals surface area contributed by atoms with Gasteiger partial charge in [0, 0.05) is 22.6 Å². The first-order chi connectivity index (χ1) is 17.1. The number of hydrogen-bond donors (Lipinski definition) is 3. The molecule has 12 heteroatoms. The Bertz CT molecular complexity index is 1350. The number of sulfonamides is 1. The Labute approximate surface area is 224 Å². The standard InChI is InChI=1S/C24H26BrN5O4S2/c1-4-5-12-34-21-11-6-17(14-20(21)25)22(31)29-24(35)28-18-7-9-19(10-8-18)36(32,33)30-23-26-15(2)13-16(3)27-23/h6-11,13-14H,4-5,12H2,1-3H3,(H,26,27,30)(H2,28,29,31,35). The first-order valence-electron chi connectivity index (χ1n) is 11.1. The highest BCUT2D eigenvalue weighted by molar-refractivity contribution is 9.10. The number of carbonyl (C=O) groups is 1. The van der Waals surface area contributed by atoms with Crippen molar-refractivity contribution in [2.24, 2.45) is 0 Å². The van der Waals surface area contributed by atoms with E-state index < -0.39 is 15.9 Å². The maximum absolute atomic E-state index is 12.7. The van der Waals surface area contributed by atoms with Crippen molar-refractivity contribution in [1.82, 2.24) is 15.3 Å². The fourth-order valence-electron chi connectivity index (χ4n) is 3.09. The second kappa shape index (κ2) is 12.2. The fraction of sp³-hybridized carbons (Fsp3) is 0.250. The van der Waals surface area contributed by atoms with Crippen LogP contribution in [-0.4, -0.2) is 36.0 Å². The highest BCUT2D eigenvalue weighted by Gasteiger charge is 2.17. The first kappa shape index (κ1) is 27.5. The van der Waals surface area contributed by atoms with Crippen molar-refractivity contribution < 1.29 is 17.9 Å². The van der Waals surface area contributed by atoms with Gasteiger partial charge < -0.3 is 10.1 Å². The maximum Gasteiger partial charge on any atom is 0.264 e. The van der Waals surface area contributed by atoms with Gasteiger partial charge in [0.15, 0.2) is 5.11 Å². The van der Waals surface area contributed by atoms with Gasteiger partial charge in [-0.25, -0.2) is 23.1 Å². The van der Waals surface area contributed by atoms with Crippen molar-refractivity contribution in [2.75, 3.05) is 16.6 Å². The minimum absolute atomic E-state index is 0.00535. The number of aromatic nitrogens is 2. The van der Waals surface area contributed by atoms with Crippen molar-refractivity contribution in [3.8, 4) is 5.75 Å². The van der Waals surface area contributed by atoms with Crippen LogP contribution >= 0.6 is 28.1 Å². The maximum atomic E-state index is 12.7. The van der Waals surface area contributed by atoms with E-state index in [2.05, 4.69) is 48.2 Å². The summed E-state index contributed by atoms with van der Waals surface area (Å²) in [7, 11) is -3.88. The third-order valence-electron chi connectivity index (χ3n) is 4.81. The highest BCUT2D eigenvalue weighted by atomic mass is 79.9. The molecule has 3 N–H and O–H groups in total. The van der Waals surface area contributed by atoms with Crippen LogP contribution in [0.5, 0.6) is 5.75 Å². The lowest BCUT2D eigenvalue weighted by atomic mass is 10.2. The molecule has 1 aromatic heterocycles. The lowest BCUT2D eigenvalue weighted by Gasteiger charge is -2.12. The lowest BCUT2D eigenvalue weighted by molar-refractivity contribution is 0.0977. The van der Waals surface area contributed by atoms with E-state index in [1.54, 1.807) is 38.1 Å². The molecule has 3 rings (SSSR count).